The van der Waals surface area contributed by atoms with Crippen molar-refractivity contribution < 1.29 is 9.59 Å². The fourth-order valence-corrected chi connectivity index (χ4v) is 28.2. The van der Waals surface area contributed by atoms with Crippen molar-refractivity contribution in [2.45, 2.75) is 160 Å². The van der Waals surface area contributed by atoms with Crippen molar-refractivity contribution in [3.05, 3.63) is 55.1 Å². The van der Waals surface area contributed by atoms with Crippen LogP contribution >= 0.6 is 0 Å². The molecule has 2 N–H and O–H groups in total. The summed E-state index contributed by atoms with van der Waals surface area (Å²) >= 11 is -3.72. The van der Waals surface area contributed by atoms with Crippen molar-refractivity contribution in [3.63, 3.8) is 0 Å². The second kappa shape index (κ2) is 16.2. The van der Waals surface area contributed by atoms with E-state index < -0.39 is 38.8 Å². The number of carbonyl (C=O) groups excluding carboxylic acids is 2. The summed E-state index contributed by atoms with van der Waals surface area (Å²) in [5.74, 6) is -1.21. The van der Waals surface area contributed by atoms with E-state index in [4.69, 9.17) is 0 Å². The van der Waals surface area contributed by atoms with E-state index in [0.29, 0.717) is 22.8 Å². The molecule has 2 amide bonds. The van der Waals surface area contributed by atoms with Crippen molar-refractivity contribution in [2.24, 2.45) is 0 Å². The van der Waals surface area contributed by atoms with Gasteiger partial charge >= 0.3 is 276 Å². The molecule has 2 aliphatic heterocycles. The Morgan fingerprint density at radius 2 is 1.24 bits per heavy atom. The molecule has 4 bridgehead atoms. The second-order valence-corrected chi connectivity index (χ2v) is 27.9. The molecule has 1 aliphatic carbocycles. The van der Waals surface area contributed by atoms with E-state index in [2.05, 4.69) is 51.0 Å². The third-order valence-corrected chi connectivity index (χ3v) is 28.7. The molecule has 45 heavy (non-hydrogen) atoms. The molecule has 2 aromatic heterocycles. The van der Waals surface area contributed by atoms with Crippen LogP contribution in [-0.4, -0.2) is 35.2 Å². The fraction of sp³-hybridized carbons (Fsp3) is 0.684. The fourth-order valence-electron chi connectivity index (χ4n) is 8.62. The Hall–Kier alpha value is -1.96. The second-order valence-electron chi connectivity index (χ2n) is 14.0. The van der Waals surface area contributed by atoms with E-state index in [1.165, 1.54) is 0 Å². The first-order chi connectivity index (χ1) is 21.8. The van der Waals surface area contributed by atoms with Crippen LogP contribution in [0.2, 0.25) is 13.3 Å². The quantitative estimate of drug-likeness (QED) is 0.0618. The topological polar surface area (TPSA) is 96.1 Å². The summed E-state index contributed by atoms with van der Waals surface area (Å²) in [7, 11) is 0. The molecule has 3 aliphatic rings. The average molecular weight is 726 g/mol. The average Bonchev–Trinajstić information content (AvgIpc) is 3.32. The van der Waals surface area contributed by atoms with Crippen LogP contribution in [0, 0.1) is 0 Å². The summed E-state index contributed by atoms with van der Waals surface area (Å²) in [5.41, 5.74) is 2.55. The molecule has 4 heterocycles. The van der Waals surface area contributed by atoms with Crippen molar-refractivity contribution in [1.29, 1.82) is 0 Å². The molecule has 2 unspecified atom stereocenters. The van der Waals surface area contributed by atoms with Gasteiger partial charge in [-0.05, 0) is 0 Å². The van der Waals surface area contributed by atoms with Crippen LogP contribution in [0.25, 0.3) is 10.8 Å². The van der Waals surface area contributed by atoms with Gasteiger partial charge in [0.25, 0.3) is 0 Å². The van der Waals surface area contributed by atoms with Crippen molar-refractivity contribution in [1.82, 2.24) is 10.3 Å². The van der Waals surface area contributed by atoms with E-state index in [-0.39, 0.29) is 11.8 Å². The summed E-state index contributed by atoms with van der Waals surface area (Å²) in [6.07, 6.45) is 18.5. The molecule has 0 fully saturated rings. The molecule has 0 saturated carbocycles. The van der Waals surface area contributed by atoms with Crippen molar-refractivity contribution in [3.8, 4) is 0 Å². The number of imide groups is 1. The number of carbonyl (C=O) groups is 2. The number of aromatic nitrogens is 1. The third kappa shape index (κ3) is 6.87. The normalized spacial score (nSPS) is 19.6. The maximum atomic E-state index is 15.0. The van der Waals surface area contributed by atoms with Gasteiger partial charge in [-0.2, -0.15) is 0 Å². The molecule has 1 aromatic carbocycles. The molecule has 6 nitrogen and oxygen atoms in total. The van der Waals surface area contributed by atoms with Gasteiger partial charge < -0.3 is 0 Å². The Labute approximate surface area is 274 Å². The van der Waals surface area contributed by atoms with Gasteiger partial charge in [0, 0.05) is 0 Å². The first kappa shape index (κ1) is 35.9. The monoisotopic (exact) mass is 726 g/mol. The SMILES string of the molecule is CCCCCCC1=C[C]2([Sn]([CH2]CCC)([CH2]CCC)[CH2]CCC)C(=O)NC(=O)C1c1c2c2cc(CCCCCC)c1c(=O)[nH]c2=O. The van der Waals surface area contributed by atoms with E-state index in [9.17, 15) is 14.4 Å². The Bertz CT molecular complexity index is 1460. The van der Waals surface area contributed by atoms with Crippen molar-refractivity contribution in [2.75, 3.05) is 0 Å². The Balaban J connectivity index is 2.14. The standard InChI is InChI=1S/C26H31N2O4.3C4H9.Sn/c1-3-5-7-9-11-15-13-17-21-18-14-16(12-10-8-6-4-2)20(26(32)28-24(18)30)22(21)19(15)25(31)27-23(17)29;3*1-3-4-2;/h13-14,19H,3-12H2,1-2H3,(H,27,29,31)(H,28,30,32);3*1,3-4H2,2H3;. The Morgan fingerprint density at radius 1 is 0.689 bits per heavy atom. The van der Waals surface area contributed by atoms with Gasteiger partial charge in [0.15, 0.2) is 0 Å². The number of rotatable bonds is 20. The predicted molar refractivity (Wildman–Crippen MR) is 189 cm³/mol. The molecule has 0 saturated heterocycles. The maximum absolute atomic E-state index is 15.0. The number of unbranched alkanes of at least 4 members (excludes halogenated alkanes) is 9. The van der Waals surface area contributed by atoms with Crippen LogP contribution in [0.15, 0.2) is 27.3 Å². The van der Waals surface area contributed by atoms with Crippen LogP contribution in [0.5, 0.6) is 0 Å². The van der Waals surface area contributed by atoms with Gasteiger partial charge in [0.1, 0.15) is 0 Å². The number of nitrogens with one attached hydrogen (secondary N) is 2. The number of H-pyrrole nitrogens is 1. The summed E-state index contributed by atoms with van der Waals surface area (Å²) in [5, 5.41) is 3.94. The molecule has 3 aromatic rings. The summed E-state index contributed by atoms with van der Waals surface area (Å²) < 4.78 is 2.14. The summed E-state index contributed by atoms with van der Waals surface area (Å²) in [6, 6.07) is 1.95. The third-order valence-electron chi connectivity index (χ3n) is 10.9. The molecular weight excluding hydrogens is 667 g/mol. The number of amides is 2. The van der Waals surface area contributed by atoms with Crippen LogP contribution in [-0.2, 0) is 19.4 Å². The zero-order valence-corrected chi connectivity index (χ0v) is 31.7. The van der Waals surface area contributed by atoms with Crippen LogP contribution < -0.4 is 16.4 Å². The van der Waals surface area contributed by atoms with Crippen molar-refractivity contribution >= 4 is 41.0 Å². The van der Waals surface area contributed by atoms with E-state index in [1.54, 1.807) is 0 Å². The molecule has 7 heteroatoms. The van der Waals surface area contributed by atoms with Gasteiger partial charge in [-0.15, -0.1) is 0 Å². The number of fused-ring (bicyclic) bond motifs is 5. The number of hydrogen-bond acceptors (Lipinski definition) is 4. The molecule has 0 spiro atoms. The van der Waals surface area contributed by atoms with Gasteiger partial charge in [-0.3, -0.25) is 0 Å². The number of hydrogen-bond donors (Lipinski definition) is 2. The summed E-state index contributed by atoms with van der Waals surface area (Å²) in [4.78, 5) is 60.0. The summed E-state index contributed by atoms with van der Waals surface area (Å²) in [6.45, 7) is 11.0. The van der Waals surface area contributed by atoms with Crippen LogP contribution in [0.1, 0.15) is 154 Å². The Kier molecular flexibility index (Phi) is 12.9. The van der Waals surface area contributed by atoms with E-state index in [1.807, 2.05) is 6.07 Å². The van der Waals surface area contributed by atoms with Gasteiger partial charge in [-0.1, -0.05) is 0 Å². The minimum absolute atomic E-state index is 0.205. The first-order valence-electron chi connectivity index (χ1n) is 18.4. The molecule has 6 rings (SSSR count). The number of aromatic amines is 1. The molecule has 248 valence electrons. The minimum atomic E-state index is -3.72. The Morgan fingerprint density at radius 3 is 1.80 bits per heavy atom. The molecule has 0 radical (unpaired) electrons. The van der Waals surface area contributed by atoms with Gasteiger partial charge in [0.05, 0.1) is 0 Å². The molecule has 2 atom stereocenters. The van der Waals surface area contributed by atoms with E-state index in [0.717, 1.165) is 126 Å². The number of benzene rings is 1. The predicted octanol–water partition coefficient (Wildman–Crippen LogP) is 8.73. The van der Waals surface area contributed by atoms with Gasteiger partial charge in [-0.25, -0.2) is 0 Å². The zero-order valence-electron chi connectivity index (χ0n) is 28.8. The van der Waals surface area contributed by atoms with E-state index >= 15 is 4.79 Å². The molecular formula is C38H58N2O4Sn. The van der Waals surface area contributed by atoms with Crippen LogP contribution in [0.3, 0.4) is 0 Å². The zero-order chi connectivity index (χ0) is 32.6. The van der Waals surface area contributed by atoms with Gasteiger partial charge in [0.2, 0.25) is 0 Å². The van der Waals surface area contributed by atoms with Crippen LogP contribution in [0.4, 0.5) is 0 Å². The first-order valence-corrected chi connectivity index (χ1v) is 25.9. The number of aryl methyl sites for hydroxylation is 1.